The third-order valence-electron chi connectivity index (χ3n) is 5.29. The number of fused-ring (bicyclic) bond motifs is 2. The standard InChI is InChI=1S/C21H30N6O2.HI/c1-22-21(24-16-9-10-17-18(15-16)29-14-6-13-28-17)23-11-5-8-20-26-25-19-7-3-2-4-12-27(19)20;/h9-10,15H,2-8,11-14H2,1H3,(H2,22,23,24);1H. The molecule has 2 aliphatic heterocycles. The van der Waals surface area contributed by atoms with E-state index in [1.54, 1.807) is 7.05 Å². The van der Waals surface area contributed by atoms with E-state index in [1.807, 2.05) is 18.2 Å². The number of nitrogens with zero attached hydrogens (tertiary/aromatic N) is 4. The molecule has 0 saturated carbocycles. The summed E-state index contributed by atoms with van der Waals surface area (Å²) >= 11 is 0. The maximum atomic E-state index is 5.76. The second-order valence-corrected chi connectivity index (χ2v) is 7.43. The van der Waals surface area contributed by atoms with Gasteiger partial charge in [-0.05, 0) is 31.4 Å². The summed E-state index contributed by atoms with van der Waals surface area (Å²) in [5.41, 5.74) is 0.921. The highest BCUT2D eigenvalue weighted by molar-refractivity contribution is 14.0. The molecule has 2 aromatic rings. The van der Waals surface area contributed by atoms with Gasteiger partial charge < -0.3 is 24.7 Å². The molecule has 0 atom stereocenters. The molecule has 1 aromatic heterocycles. The molecule has 0 fully saturated rings. The molecule has 2 N–H and O–H groups in total. The van der Waals surface area contributed by atoms with Crippen LogP contribution in [0.5, 0.6) is 11.5 Å². The average molecular weight is 526 g/mol. The first-order valence-electron chi connectivity index (χ1n) is 10.6. The molecule has 164 valence electrons. The third-order valence-corrected chi connectivity index (χ3v) is 5.29. The Balaban J connectivity index is 0.00000256. The van der Waals surface area contributed by atoms with Gasteiger partial charge in [0.2, 0.25) is 0 Å². The molecule has 0 radical (unpaired) electrons. The minimum absolute atomic E-state index is 0. The van der Waals surface area contributed by atoms with Crippen LogP contribution in [0.2, 0.25) is 0 Å². The Hall–Kier alpha value is -2.04. The first-order valence-corrected chi connectivity index (χ1v) is 10.6. The van der Waals surface area contributed by atoms with Crippen molar-refractivity contribution in [1.82, 2.24) is 20.1 Å². The zero-order valence-electron chi connectivity index (χ0n) is 17.5. The van der Waals surface area contributed by atoms with Gasteiger partial charge in [0.15, 0.2) is 17.5 Å². The van der Waals surface area contributed by atoms with Gasteiger partial charge >= 0.3 is 0 Å². The lowest BCUT2D eigenvalue weighted by Gasteiger charge is -2.14. The molecule has 0 bridgehead atoms. The number of nitrogens with one attached hydrogen (secondary N) is 2. The fourth-order valence-corrected chi connectivity index (χ4v) is 3.74. The summed E-state index contributed by atoms with van der Waals surface area (Å²) in [4.78, 5) is 4.32. The SMILES string of the molecule is CN=C(NCCCc1nnc2n1CCCCC2)Nc1ccc2c(c1)OCCCO2.I. The number of ether oxygens (including phenoxy) is 2. The lowest BCUT2D eigenvalue weighted by Crippen LogP contribution is -2.31. The van der Waals surface area contributed by atoms with Gasteiger partial charge in [0, 0.05) is 51.2 Å². The smallest absolute Gasteiger partial charge is 0.195 e. The van der Waals surface area contributed by atoms with E-state index in [1.165, 1.54) is 19.3 Å². The molecule has 0 spiro atoms. The summed E-state index contributed by atoms with van der Waals surface area (Å²) in [6.07, 6.45) is 7.57. The van der Waals surface area contributed by atoms with Gasteiger partial charge in [0.1, 0.15) is 11.6 Å². The number of aryl methyl sites for hydroxylation is 2. The molecule has 0 amide bonds. The van der Waals surface area contributed by atoms with E-state index < -0.39 is 0 Å². The molecular formula is C21H31IN6O2. The molecule has 0 unspecified atom stereocenters. The average Bonchev–Trinajstić information content (AvgIpc) is 2.92. The van der Waals surface area contributed by atoms with Gasteiger partial charge in [-0.2, -0.15) is 0 Å². The Morgan fingerprint density at radius 1 is 1.10 bits per heavy atom. The maximum absolute atomic E-state index is 5.76. The lowest BCUT2D eigenvalue weighted by molar-refractivity contribution is 0.297. The molecule has 30 heavy (non-hydrogen) atoms. The second kappa shape index (κ2) is 11.4. The van der Waals surface area contributed by atoms with E-state index in [-0.39, 0.29) is 24.0 Å². The van der Waals surface area contributed by atoms with Crippen molar-refractivity contribution >= 4 is 35.6 Å². The first-order chi connectivity index (χ1) is 14.3. The molecule has 4 rings (SSSR count). The van der Waals surface area contributed by atoms with Crippen LogP contribution in [0.4, 0.5) is 5.69 Å². The summed E-state index contributed by atoms with van der Waals surface area (Å²) in [6, 6.07) is 5.87. The number of aliphatic imine (C=N–C) groups is 1. The third kappa shape index (κ3) is 5.77. The monoisotopic (exact) mass is 526 g/mol. The summed E-state index contributed by atoms with van der Waals surface area (Å²) in [6.45, 7) is 3.23. The second-order valence-electron chi connectivity index (χ2n) is 7.43. The number of halogens is 1. The fraction of sp³-hybridized carbons (Fsp3) is 0.571. The highest BCUT2D eigenvalue weighted by atomic mass is 127. The van der Waals surface area contributed by atoms with Crippen molar-refractivity contribution in [2.45, 2.75) is 51.5 Å². The molecule has 8 nitrogen and oxygen atoms in total. The number of hydrogen-bond acceptors (Lipinski definition) is 5. The quantitative estimate of drug-likeness (QED) is 0.269. The van der Waals surface area contributed by atoms with E-state index in [0.29, 0.717) is 13.2 Å². The van der Waals surface area contributed by atoms with Crippen molar-refractivity contribution in [3.05, 3.63) is 29.8 Å². The summed E-state index contributed by atoms with van der Waals surface area (Å²) in [5, 5.41) is 15.5. The van der Waals surface area contributed by atoms with Gasteiger partial charge in [-0.15, -0.1) is 34.2 Å². The Kier molecular flexibility index (Phi) is 8.59. The highest BCUT2D eigenvalue weighted by Gasteiger charge is 2.14. The van der Waals surface area contributed by atoms with Gasteiger partial charge in [-0.25, -0.2) is 0 Å². The number of hydrogen-bond donors (Lipinski definition) is 2. The van der Waals surface area contributed by atoms with E-state index in [9.17, 15) is 0 Å². The highest BCUT2D eigenvalue weighted by Crippen LogP contribution is 2.32. The summed E-state index contributed by atoms with van der Waals surface area (Å²) in [5.74, 6) is 4.56. The van der Waals surface area contributed by atoms with Crippen LogP contribution in [-0.4, -0.2) is 47.5 Å². The lowest BCUT2D eigenvalue weighted by atomic mass is 10.2. The minimum atomic E-state index is 0. The Morgan fingerprint density at radius 2 is 1.97 bits per heavy atom. The molecule has 9 heteroatoms. The van der Waals surface area contributed by atoms with Gasteiger partial charge in [-0.1, -0.05) is 6.42 Å². The number of guanidine groups is 1. The van der Waals surface area contributed by atoms with Crippen LogP contribution in [0, 0.1) is 0 Å². The van der Waals surface area contributed by atoms with Gasteiger partial charge in [0.25, 0.3) is 0 Å². The zero-order chi connectivity index (χ0) is 19.9. The summed E-state index contributed by atoms with van der Waals surface area (Å²) < 4.78 is 13.8. The summed E-state index contributed by atoms with van der Waals surface area (Å²) in [7, 11) is 1.77. The first kappa shape index (κ1) is 22.6. The van der Waals surface area contributed by atoms with Crippen molar-refractivity contribution in [2.75, 3.05) is 32.1 Å². The van der Waals surface area contributed by atoms with E-state index in [2.05, 4.69) is 30.4 Å². The van der Waals surface area contributed by atoms with Crippen molar-refractivity contribution < 1.29 is 9.47 Å². The van der Waals surface area contributed by atoms with Crippen molar-refractivity contribution in [2.24, 2.45) is 4.99 Å². The van der Waals surface area contributed by atoms with Crippen LogP contribution in [0.3, 0.4) is 0 Å². The van der Waals surface area contributed by atoms with E-state index in [0.717, 1.165) is 73.6 Å². The fourth-order valence-electron chi connectivity index (χ4n) is 3.74. The molecule has 3 heterocycles. The molecule has 1 aromatic carbocycles. The predicted molar refractivity (Wildman–Crippen MR) is 128 cm³/mol. The molecule has 0 aliphatic carbocycles. The Labute approximate surface area is 194 Å². The Bertz CT molecular complexity index is 854. The minimum Gasteiger partial charge on any atom is -0.490 e. The van der Waals surface area contributed by atoms with E-state index in [4.69, 9.17) is 9.47 Å². The zero-order valence-corrected chi connectivity index (χ0v) is 19.9. The van der Waals surface area contributed by atoms with Crippen LogP contribution in [0.1, 0.15) is 43.8 Å². The van der Waals surface area contributed by atoms with Crippen LogP contribution in [0.15, 0.2) is 23.2 Å². The van der Waals surface area contributed by atoms with Crippen LogP contribution in [0.25, 0.3) is 0 Å². The number of benzene rings is 1. The van der Waals surface area contributed by atoms with Crippen molar-refractivity contribution in [3.8, 4) is 11.5 Å². The van der Waals surface area contributed by atoms with Gasteiger partial charge in [-0.3, -0.25) is 4.99 Å². The topological polar surface area (TPSA) is 85.6 Å². The van der Waals surface area contributed by atoms with Crippen LogP contribution >= 0.6 is 24.0 Å². The Morgan fingerprint density at radius 3 is 2.83 bits per heavy atom. The maximum Gasteiger partial charge on any atom is 0.195 e. The van der Waals surface area contributed by atoms with Crippen molar-refractivity contribution in [1.29, 1.82) is 0 Å². The van der Waals surface area contributed by atoms with Crippen LogP contribution in [-0.2, 0) is 19.4 Å². The number of rotatable bonds is 5. The normalized spacial score (nSPS) is 16.0. The number of anilines is 1. The number of aromatic nitrogens is 3. The largest absolute Gasteiger partial charge is 0.490 e. The molecule has 0 saturated heterocycles. The molecule has 2 aliphatic rings. The van der Waals surface area contributed by atoms with Crippen molar-refractivity contribution in [3.63, 3.8) is 0 Å². The van der Waals surface area contributed by atoms with E-state index >= 15 is 0 Å². The van der Waals surface area contributed by atoms with Crippen LogP contribution < -0.4 is 20.1 Å². The predicted octanol–water partition coefficient (Wildman–Crippen LogP) is 3.40. The van der Waals surface area contributed by atoms with Gasteiger partial charge in [0.05, 0.1) is 13.2 Å². The molecular weight excluding hydrogens is 495 g/mol.